The highest BCUT2D eigenvalue weighted by Gasteiger charge is 2.53. The fourth-order valence-electron chi connectivity index (χ4n) is 2.33. The third kappa shape index (κ3) is 1.18. The van der Waals surface area contributed by atoms with E-state index in [0.717, 1.165) is 5.57 Å². The summed E-state index contributed by atoms with van der Waals surface area (Å²) in [6, 6.07) is 0. The maximum Gasteiger partial charge on any atom is 0.303 e. The predicted octanol–water partition coefficient (Wildman–Crippen LogP) is 0.200. The molecule has 4 heteroatoms. The van der Waals surface area contributed by atoms with Gasteiger partial charge < -0.3 is 9.84 Å². The SMILES string of the molecule is CC(=O)OC12C=C(CO)C(CC1=O)C2. The van der Waals surface area contributed by atoms with Gasteiger partial charge in [0.1, 0.15) is 0 Å². The number of carbonyl (C=O) groups excluding carboxylic acids is 2. The first-order chi connectivity index (χ1) is 6.57. The van der Waals surface area contributed by atoms with Crippen LogP contribution < -0.4 is 0 Å². The van der Waals surface area contributed by atoms with E-state index < -0.39 is 11.6 Å². The molecule has 2 atom stereocenters. The Balaban J connectivity index is 2.29. The van der Waals surface area contributed by atoms with Crippen molar-refractivity contribution in [1.82, 2.24) is 0 Å². The number of ether oxygens (including phenoxy) is 1. The summed E-state index contributed by atoms with van der Waals surface area (Å²) in [7, 11) is 0. The van der Waals surface area contributed by atoms with E-state index in [2.05, 4.69) is 0 Å². The van der Waals surface area contributed by atoms with Crippen molar-refractivity contribution in [3.8, 4) is 0 Å². The standard InChI is InChI=1S/C10H12O4/c1-6(12)14-10-3-7(2-9(10)13)8(4-10)5-11/h4,7,11H,2-3,5H2,1H3. The van der Waals surface area contributed by atoms with Gasteiger partial charge in [-0.15, -0.1) is 0 Å². The van der Waals surface area contributed by atoms with Gasteiger partial charge in [0.15, 0.2) is 11.4 Å². The van der Waals surface area contributed by atoms with Crippen LogP contribution in [-0.4, -0.2) is 29.1 Å². The summed E-state index contributed by atoms with van der Waals surface area (Å²) >= 11 is 0. The Bertz CT molecular complexity index is 331. The Morgan fingerprint density at radius 3 is 3.07 bits per heavy atom. The molecule has 0 saturated heterocycles. The molecule has 14 heavy (non-hydrogen) atoms. The lowest BCUT2D eigenvalue weighted by molar-refractivity contribution is -0.158. The first kappa shape index (κ1) is 9.40. The molecular weight excluding hydrogens is 184 g/mol. The Hall–Kier alpha value is -1.16. The predicted molar refractivity (Wildman–Crippen MR) is 47.4 cm³/mol. The lowest BCUT2D eigenvalue weighted by Gasteiger charge is -2.21. The molecule has 0 spiro atoms. The zero-order valence-electron chi connectivity index (χ0n) is 7.95. The summed E-state index contributed by atoms with van der Waals surface area (Å²) in [5, 5.41) is 9.00. The molecule has 2 rings (SSSR count). The largest absolute Gasteiger partial charge is 0.447 e. The highest BCUT2D eigenvalue weighted by atomic mass is 16.6. The van der Waals surface area contributed by atoms with Gasteiger partial charge in [-0.25, -0.2) is 0 Å². The first-order valence-corrected chi connectivity index (χ1v) is 4.63. The molecule has 1 fully saturated rings. The number of ketones is 1. The van der Waals surface area contributed by atoms with Crippen molar-refractivity contribution in [2.24, 2.45) is 5.92 Å². The number of hydrogen-bond donors (Lipinski definition) is 1. The van der Waals surface area contributed by atoms with Crippen LogP contribution in [0.25, 0.3) is 0 Å². The van der Waals surface area contributed by atoms with Crippen LogP contribution in [-0.2, 0) is 14.3 Å². The van der Waals surface area contributed by atoms with Crippen LogP contribution in [0.2, 0.25) is 0 Å². The van der Waals surface area contributed by atoms with Crippen molar-refractivity contribution in [1.29, 1.82) is 0 Å². The van der Waals surface area contributed by atoms with Crippen molar-refractivity contribution in [2.75, 3.05) is 6.61 Å². The smallest absolute Gasteiger partial charge is 0.303 e. The Kier molecular flexibility index (Phi) is 1.96. The molecule has 2 bridgehead atoms. The van der Waals surface area contributed by atoms with Gasteiger partial charge in [-0.2, -0.15) is 0 Å². The van der Waals surface area contributed by atoms with E-state index in [1.807, 2.05) is 0 Å². The number of rotatable bonds is 2. The number of carbonyl (C=O) groups is 2. The van der Waals surface area contributed by atoms with Crippen LogP contribution in [0, 0.1) is 5.92 Å². The average Bonchev–Trinajstić information content (AvgIpc) is 2.56. The summed E-state index contributed by atoms with van der Waals surface area (Å²) in [5.74, 6) is -0.420. The fraction of sp³-hybridized carbons (Fsp3) is 0.600. The molecule has 0 heterocycles. The maximum absolute atomic E-state index is 11.6. The van der Waals surface area contributed by atoms with Gasteiger partial charge in [0, 0.05) is 19.8 Å². The summed E-state index contributed by atoms with van der Waals surface area (Å²) in [4.78, 5) is 22.4. The van der Waals surface area contributed by atoms with Gasteiger partial charge in [-0.05, 0) is 17.6 Å². The minimum Gasteiger partial charge on any atom is -0.447 e. The van der Waals surface area contributed by atoms with E-state index in [-0.39, 0.29) is 18.3 Å². The second-order valence-electron chi connectivity index (χ2n) is 3.89. The van der Waals surface area contributed by atoms with E-state index in [1.54, 1.807) is 6.08 Å². The second kappa shape index (κ2) is 2.92. The van der Waals surface area contributed by atoms with Crippen molar-refractivity contribution >= 4 is 11.8 Å². The molecule has 0 amide bonds. The average molecular weight is 196 g/mol. The van der Waals surface area contributed by atoms with Crippen LogP contribution in [0.1, 0.15) is 19.8 Å². The zero-order valence-corrected chi connectivity index (χ0v) is 7.95. The third-order valence-electron chi connectivity index (χ3n) is 2.90. The molecular formula is C10H12O4. The van der Waals surface area contributed by atoms with E-state index in [0.29, 0.717) is 12.8 Å². The third-order valence-corrected chi connectivity index (χ3v) is 2.90. The molecule has 2 aliphatic carbocycles. The van der Waals surface area contributed by atoms with E-state index >= 15 is 0 Å². The van der Waals surface area contributed by atoms with Gasteiger partial charge in [-0.3, -0.25) is 9.59 Å². The molecule has 2 aliphatic rings. The molecule has 76 valence electrons. The fourth-order valence-corrected chi connectivity index (χ4v) is 2.33. The molecule has 0 aromatic rings. The molecule has 0 aliphatic heterocycles. The maximum atomic E-state index is 11.6. The monoisotopic (exact) mass is 196 g/mol. The summed E-state index contributed by atoms with van der Waals surface area (Å²) < 4.78 is 5.06. The van der Waals surface area contributed by atoms with Gasteiger partial charge in [0.05, 0.1) is 6.61 Å². The van der Waals surface area contributed by atoms with Crippen LogP contribution >= 0.6 is 0 Å². The second-order valence-corrected chi connectivity index (χ2v) is 3.89. The quantitative estimate of drug-likeness (QED) is 0.506. The summed E-state index contributed by atoms with van der Waals surface area (Å²) in [5.41, 5.74) is -0.222. The topological polar surface area (TPSA) is 63.6 Å². The minimum atomic E-state index is -1.05. The highest BCUT2D eigenvalue weighted by Crippen LogP contribution is 2.46. The first-order valence-electron chi connectivity index (χ1n) is 4.63. The zero-order chi connectivity index (χ0) is 10.3. The van der Waals surface area contributed by atoms with Crippen LogP contribution in [0.4, 0.5) is 0 Å². The number of Topliss-reactive ketones (excluding diaryl/α,β-unsaturated/α-hetero) is 1. The molecule has 1 N–H and O–H groups in total. The van der Waals surface area contributed by atoms with Crippen LogP contribution in [0.15, 0.2) is 11.6 Å². The Labute approximate surface area is 81.6 Å². The van der Waals surface area contributed by atoms with Gasteiger partial charge >= 0.3 is 5.97 Å². The van der Waals surface area contributed by atoms with Crippen LogP contribution in [0.3, 0.4) is 0 Å². The number of aliphatic hydroxyl groups is 1. The Morgan fingerprint density at radius 2 is 2.50 bits per heavy atom. The minimum absolute atomic E-state index is 0.0464. The molecule has 2 unspecified atom stereocenters. The summed E-state index contributed by atoms with van der Waals surface area (Å²) in [6.07, 6.45) is 2.52. The number of aliphatic hydroxyl groups excluding tert-OH is 1. The van der Waals surface area contributed by atoms with Crippen molar-refractivity contribution in [3.05, 3.63) is 11.6 Å². The molecule has 0 radical (unpaired) electrons. The Morgan fingerprint density at radius 1 is 1.79 bits per heavy atom. The molecule has 4 nitrogen and oxygen atoms in total. The van der Waals surface area contributed by atoms with Crippen molar-refractivity contribution in [2.45, 2.75) is 25.4 Å². The molecule has 0 aromatic heterocycles. The van der Waals surface area contributed by atoms with E-state index in [9.17, 15) is 9.59 Å². The van der Waals surface area contributed by atoms with Crippen molar-refractivity contribution < 1.29 is 19.4 Å². The molecule has 1 saturated carbocycles. The van der Waals surface area contributed by atoms with Crippen molar-refractivity contribution in [3.63, 3.8) is 0 Å². The van der Waals surface area contributed by atoms with E-state index in [1.165, 1.54) is 6.92 Å². The lowest BCUT2D eigenvalue weighted by atomic mass is 9.97. The van der Waals surface area contributed by atoms with E-state index in [4.69, 9.17) is 9.84 Å². The van der Waals surface area contributed by atoms with Gasteiger partial charge in [0.2, 0.25) is 0 Å². The van der Waals surface area contributed by atoms with Gasteiger partial charge in [0.25, 0.3) is 0 Å². The van der Waals surface area contributed by atoms with Gasteiger partial charge in [-0.1, -0.05) is 0 Å². The number of fused-ring (bicyclic) bond motifs is 2. The molecule has 0 aromatic carbocycles. The normalized spacial score (nSPS) is 34.6. The number of esters is 1. The lowest BCUT2D eigenvalue weighted by Crippen LogP contribution is -2.36. The highest BCUT2D eigenvalue weighted by molar-refractivity contribution is 5.96. The number of hydrogen-bond acceptors (Lipinski definition) is 4. The summed E-state index contributed by atoms with van der Waals surface area (Å²) in [6.45, 7) is 1.24. The van der Waals surface area contributed by atoms with Crippen LogP contribution in [0.5, 0.6) is 0 Å².